The third kappa shape index (κ3) is 9.15. The molecule has 0 aliphatic heterocycles. The van der Waals surface area contributed by atoms with Crippen molar-refractivity contribution in [1.82, 2.24) is 4.90 Å². The van der Waals surface area contributed by atoms with Gasteiger partial charge in [0.2, 0.25) is 5.91 Å². The van der Waals surface area contributed by atoms with Crippen molar-refractivity contribution in [2.45, 2.75) is 46.0 Å². The minimum atomic E-state index is -3.04. The maximum Gasteiger partial charge on any atom is 0.223 e. The van der Waals surface area contributed by atoms with Crippen molar-refractivity contribution >= 4 is 15.7 Å². The number of amides is 1. The van der Waals surface area contributed by atoms with Gasteiger partial charge in [-0.05, 0) is 12.8 Å². The highest BCUT2D eigenvalue weighted by Gasteiger charge is 2.14. The zero-order valence-electron chi connectivity index (χ0n) is 11.2. The smallest absolute Gasteiger partial charge is 0.223 e. The molecule has 5 heteroatoms. The van der Waals surface area contributed by atoms with Crippen LogP contribution in [0.15, 0.2) is 0 Å². The Balaban J connectivity index is 4.20. The molecule has 0 aliphatic carbocycles. The third-order valence-electron chi connectivity index (χ3n) is 2.60. The summed E-state index contributed by atoms with van der Waals surface area (Å²) < 4.78 is 22.0. The minimum Gasteiger partial charge on any atom is -0.343 e. The number of rotatable bonds is 9. The van der Waals surface area contributed by atoms with Crippen molar-refractivity contribution in [3.63, 3.8) is 0 Å². The molecule has 0 aromatic rings. The van der Waals surface area contributed by atoms with Gasteiger partial charge >= 0.3 is 0 Å². The Bertz CT molecular complexity index is 304. The van der Waals surface area contributed by atoms with Gasteiger partial charge in [0.25, 0.3) is 0 Å². The van der Waals surface area contributed by atoms with E-state index in [-0.39, 0.29) is 18.1 Å². The van der Waals surface area contributed by atoms with Gasteiger partial charge in [0.05, 0.1) is 5.75 Å². The first-order valence-electron chi connectivity index (χ1n) is 6.36. The topological polar surface area (TPSA) is 54.5 Å². The maximum absolute atomic E-state index is 11.9. The van der Waals surface area contributed by atoms with E-state index in [0.717, 1.165) is 38.8 Å². The zero-order valence-corrected chi connectivity index (χ0v) is 12.1. The molecule has 0 aromatic carbocycles. The van der Waals surface area contributed by atoms with Gasteiger partial charge in [-0.1, -0.05) is 26.7 Å². The molecule has 102 valence electrons. The lowest BCUT2D eigenvalue weighted by atomic mass is 10.2. The number of unbranched alkanes of at least 4 members (excludes halogenated alkanes) is 2. The average molecular weight is 263 g/mol. The van der Waals surface area contributed by atoms with Gasteiger partial charge in [0.15, 0.2) is 0 Å². The number of carbonyl (C=O) groups is 1. The summed E-state index contributed by atoms with van der Waals surface area (Å²) in [5.41, 5.74) is 0. The second-order valence-electron chi connectivity index (χ2n) is 4.47. The van der Waals surface area contributed by atoms with E-state index in [9.17, 15) is 13.2 Å². The lowest BCUT2D eigenvalue weighted by Crippen LogP contribution is -2.33. The lowest BCUT2D eigenvalue weighted by Gasteiger charge is -2.22. The van der Waals surface area contributed by atoms with E-state index in [4.69, 9.17) is 0 Å². The average Bonchev–Trinajstić information content (AvgIpc) is 2.25. The van der Waals surface area contributed by atoms with Crippen LogP contribution in [0.5, 0.6) is 0 Å². The summed E-state index contributed by atoms with van der Waals surface area (Å²) in [6.45, 7) is 5.66. The van der Waals surface area contributed by atoms with Crippen LogP contribution in [-0.2, 0) is 14.6 Å². The second-order valence-corrected chi connectivity index (χ2v) is 6.73. The fraction of sp³-hybridized carbons (Fsp3) is 0.917. The van der Waals surface area contributed by atoms with Crippen molar-refractivity contribution in [3.05, 3.63) is 0 Å². The Morgan fingerprint density at radius 3 is 1.88 bits per heavy atom. The fourth-order valence-corrected chi connectivity index (χ4v) is 2.04. The van der Waals surface area contributed by atoms with Crippen molar-refractivity contribution < 1.29 is 13.2 Å². The van der Waals surface area contributed by atoms with Crippen LogP contribution in [0.25, 0.3) is 0 Å². The summed E-state index contributed by atoms with van der Waals surface area (Å²) in [5, 5.41) is 0. The van der Waals surface area contributed by atoms with Gasteiger partial charge in [-0.15, -0.1) is 0 Å². The van der Waals surface area contributed by atoms with Crippen LogP contribution in [0.3, 0.4) is 0 Å². The van der Waals surface area contributed by atoms with E-state index < -0.39 is 9.84 Å². The predicted molar refractivity (Wildman–Crippen MR) is 70.7 cm³/mol. The Hall–Kier alpha value is -0.580. The quantitative estimate of drug-likeness (QED) is 0.638. The molecule has 0 heterocycles. The molecule has 0 radical (unpaired) electrons. The molecular formula is C12H25NO3S. The van der Waals surface area contributed by atoms with E-state index in [2.05, 4.69) is 13.8 Å². The van der Waals surface area contributed by atoms with Gasteiger partial charge in [-0.2, -0.15) is 0 Å². The molecule has 0 saturated carbocycles. The lowest BCUT2D eigenvalue weighted by molar-refractivity contribution is -0.130. The van der Waals surface area contributed by atoms with Gasteiger partial charge in [0.1, 0.15) is 9.84 Å². The van der Waals surface area contributed by atoms with E-state index in [0.29, 0.717) is 0 Å². The zero-order chi connectivity index (χ0) is 13.3. The molecule has 17 heavy (non-hydrogen) atoms. The molecule has 0 aromatic heterocycles. The molecule has 0 fully saturated rings. The van der Waals surface area contributed by atoms with E-state index in [1.807, 2.05) is 0 Å². The van der Waals surface area contributed by atoms with E-state index in [1.165, 1.54) is 6.26 Å². The minimum absolute atomic E-state index is 0.0303. The third-order valence-corrected chi connectivity index (χ3v) is 3.55. The van der Waals surface area contributed by atoms with Crippen molar-refractivity contribution in [1.29, 1.82) is 0 Å². The highest BCUT2D eigenvalue weighted by Crippen LogP contribution is 2.03. The van der Waals surface area contributed by atoms with Gasteiger partial charge in [-0.3, -0.25) is 4.79 Å². The fourth-order valence-electron chi connectivity index (χ4n) is 1.49. The molecule has 0 rings (SSSR count). The molecule has 0 atom stereocenters. The van der Waals surface area contributed by atoms with Crippen molar-refractivity contribution in [2.75, 3.05) is 25.1 Å². The Morgan fingerprint density at radius 2 is 1.53 bits per heavy atom. The van der Waals surface area contributed by atoms with Crippen LogP contribution in [0.2, 0.25) is 0 Å². The molecule has 0 aliphatic rings. The summed E-state index contributed by atoms with van der Waals surface area (Å²) in [4.78, 5) is 13.7. The summed E-state index contributed by atoms with van der Waals surface area (Å²) in [6.07, 6.45) is 5.33. The second kappa shape index (κ2) is 8.50. The summed E-state index contributed by atoms with van der Waals surface area (Å²) in [5.74, 6) is -0.0713. The van der Waals surface area contributed by atoms with Crippen LogP contribution in [-0.4, -0.2) is 44.3 Å². The van der Waals surface area contributed by atoms with Crippen molar-refractivity contribution in [3.8, 4) is 0 Å². The highest BCUT2D eigenvalue weighted by molar-refractivity contribution is 7.90. The number of nitrogens with zero attached hydrogens (tertiary/aromatic N) is 1. The first-order valence-corrected chi connectivity index (χ1v) is 8.42. The van der Waals surface area contributed by atoms with E-state index in [1.54, 1.807) is 4.90 Å². The monoisotopic (exact) mass is 263 g/mol. The summed E-state index contributed by atoms with van der Waals surface area (Å²) >= 11 is 0. The number of sulfone groups is 1. The largest absolute Gasteiger partial charge is 0.343 e. The molecule has 0 saturated heterocycles. The Kier molecular flexibility index (Phi) is 8.21. The van der Waals surface area contributed by atoms with Crippen LogP contribution in [0.4, 0.5) is 0 Å². The predicted octanol–water partition coefficient (Wildman–Crippen LogP) is 1.85. The molecule has 0 unspecified atom stereocenters. The normalized spacial score (nSPS) is 11.5. The van der Waals surface area contributed by atoms with Crippen LogP contribution in [0, 0.1) is 0 Å². The van der Waals surface area contributed by atoms with Crippen LogP contribution >= 0.6 is 0 Å². The van der Waals surface area contributed by atoms with Gasteiger partial charge < -0.3 is 4.90 Å². The van der Waals surface area contributed by atoms with Gasteiger partial charge in [-0.25, -0.2) is 8.42 Å². The maximum atomic E-state index is 11.9. The van der Waals surface area contributed by atoms with Crippen molar-refractivity contribution in [2.24, 2.45) is 0 Å². The Labute approximate surface area is 105 Å². The van der Waals surface area contributed by atoms with Crippen LogP contribution < -0.4 is 0 Å². The molecule has 4 nitrogen and oxygen atoms in total. The standard InChI is InChI=1S/C12H25NO3S/c1-4-6-9-13(10-7-5-2)12(14)8-11-17(3,15)16/h4-11H2,1-3H3. The SMILES string of the molecule is CCCCN(CCCC)C(=O)CCS(C)(=O)=O. The van der Waals surface area contributed by atoms with Crippen LogP contribution in [0.1, 0.15) is 46.0 Å². The summed E-state index contributed by atoms with van der Waals surface area (Å²) in [6, 6.07) is 0. The molecular weight excluding hydrogens is 238 g/mol. The van der Waals surface area contributed by atoms with Gasteiger partial charge in [0, 0.05) is 25.8 Å². The first-order chi connectivity index (χ1) is 7.90. The number of hydrogen-bond donors (Lipinski definition) is 0. The van der Waals surface area contributed by atoms with E-state index >= 15 is 0 Å². The highest BCUT2D eigenvalue weighted by atomic mass is 32.2. The molecule has 1 amide bonds. The number of carbonyl (C=O) groups excluding carboxylic acids is 1. The molecule has 0 spiro atoms. The Morgan fingerprint density at radius 1 is 1.06 bits per heavy atom. The number of hydrogen-bond acceptors (Lipinski definition) is 3. The molecule has 0 bridgehead atoms. The molecule has 0 N–H and O–H groups in total. The summed E-state index contributed by atoms with van der Waals surface area (Å²) in [7, 11) is -3.04. The first kappa shape index (κ1) is 16.4.